The number of fused-ring (bicyclic) bond motifs is 1. The van der Waals surface area contributed by atoms with Crippen LogP contribution in [0.5, 0.6) is 5.75 Å². The van der Waals surface area contributed by atoms with Gasteiger partial charge in [-0.25, -0.2) is 9.18 Å². The van der Waals surface area contributed by atoms with Crippen LogP contribution in [0.4, 0.5) is 4.39 Å². The van der Waals surface area contributed by atoms with Crippen LogP contribution in [-0.4, -0.2) is 36.4 Å². The highest BCUT2D eigenvalue weighted by molar-refractivity contribution is 6.72. The Morgan fingerprint density at radius 1 is 1.12 bits per heavy atom. The molecule has 0 saturated heterocycles. The van der Waals surface area contributed by atoms with Gasteiger partial charge in [0.25, 0.3) is 0 Å². The maximum atomic E-state index is 15.0. The first-order chi connectivity index (χ1) is 19.8. The van der Waals surface area contributed by atoms with Gasteiger partial charge in [0.1, 0.15) is 17.1 Å². The fourth-order valence-electron chi connectivity index (χ4n) is 5.22. The summed E-state index contributed by atoms with van der Waals surface area (Å²) < 4.78 is 28.5. The lowest BCUT2D eigenvalue weighted by molar-refractivity contribution is 0.0523. The molecule has 0 aliphatic rings. The van der Waals surface area contributed by atoms with E-state index in [-0.39, 0.29) is 46.2 Å². The van der Waals surface area contributed by atoms with E-state index in [0.717, 1.165) is 6.42 Å². The third-order valence-corrected chi connectivity index (χ3v) is 12.4. The van der Waals surface area contributed by atoms with Gasteiger partial charge in [0, 0.05) is 30.1 Å². The van der Waals surface area contributed by atoms with E-state index in [0.29, 0.717) is 34.2 Å². The fraction of sp³-hybridized carbons (Fsp3) is 0.529. The van der Waals surface area contributed by atoms with E-state index in [1.165, 1.54) is 6.07 Å². The molecule has 0 saturated carbocycles. The molecule has 0 fully saturated rings. The number of ether oxygens (including phenoxy) is 2. The van der Waals surface area contributed by atoms with Crippen LogP contribution in [0.2, 0.25) is 23.2 Å². The summed E-state index contributed by atoms with van der Waals surface area (Å²) in [6.45, 7) is 20.1. The second kappa shape index (κ2) is 13.1. The first-order valence-electron chi connectivity index (χ1n) is 15.0. The smallest absolute Gasteiger partial charge is 0.343 e. The lowest BCUT2D eigenvalue weighted by Crippen LogP contribution is -2.40. The second-order valence-electron chi connectivity index (χ2n) is 13.9. The summed E-state index contributed by atoms with van der Waals surface area (Å²) >= 11 is 6.07. The molecule has 0 aliphatic carbocycles. The number of carbonyl (C=O) groups excluding carboxylic acids is 1. The van der Waals surface area contributed by atoms with Crippen LogP contribution in [0.15, 0.2) is 41.3 Å². The quantitative estimate of drug-likeness (QED) is 0.169. The van der Waals surface area contributed by atoms with Gasteiger partial charge in [0.15, 0.2) is 8.32 Å². The number of aromatic nitrogens is 1. The predicted octanol–water partition coefficient (Wildman–Crippen LogP) is 8.69. The maximum Gasteiger partial charge on any atom is 0.343 e. The van der Waals surface area contributed by atoms with E-state index in [1.54, 1.807) is 31.3 Å². The van der Waals surface area contributed by atoms with Crippen LogP contribution in [0, 0.1) is 11.2 Å². The molecule has 1 aromatic heterocycles. The molecule has 43 heavy (non-hydrogen) atoms. The van der Waals surface area contributed by atoms with Crippen molar-refractivity contribution in [3.63, 3.8) is 0 Å². The SMILES string of the molecule is CCOC(=O)c1cn([C@H](CCC(C)(C)[Si](C)(C)O)C(C)(C)C)c2cc(OC(C)C)c(Cc3cccc(Cl)c3F)cc2c1=O. The zero-order chi connectivity index (χ0) is 32.5. The van der Waals surface area contributed by atoms with Crippen LogP contribution >= 0.6 is 11.6 Å². The highest BCUT2D eigenvalue weighted by atomic mass is 35.5. The second-order valence-corrected chi connectivity index (χ2v) is 18.8. The molecule has 9 heteroatoms. The molecule has 0 bridgehead atoms. The van der Waals surface area contributed by atoms with Crippen molar-refractivity contribution in [1.29, 1.82) is 0 Å². The number of hydrogen-bond acceptors (Lipinski definition) is 5. The summed E-state index contributed by atoms with van der Waals surface area (Å²) in [6.07, 6.45) is 3.01. The van der Waals surface area contributed by atoms with Crippen LogP contribution < -0.4 is 10.2 Å². The molecule has 0 amide bonds. The zero-order valence-corrected chi connectivity index (χ0v) is 29.0. The van der Waals surface area contributed by atoms with Gasteiger partial charge in [-0.1, -0.05) is 58.4 Å². The Hall–Kier alpha value is -2.68. The molecule has 2 aromatic carbocycles. The van der Waals surface area contributed by atoms with Crippen LogP contribution in [-0.2, 0) is 11.2 Å². The Bertz CT molecular complexity index is 1530. The minimum Gasteiger partial charge on any atom is -0.491 e. The maximum absolute atomic E-state index is 15.0. The van der Waals surface area contributed by atoms with Crippen molar-refractivity contribution in [3.05, 3.63) is 74.3 Å². The first kappa shape index (κ1) is 34.8. The lowest BCUT2D eigenvalue weighted by atomic mass is 9.82. The predicted molar refractivity (Wildman–Crippen MR) is 176 cm³/mol. The minimum absolute atomic E-state index is 0.0154. The molecular formula is C34H47ClFNO5Si. The summed E-state index contributed by atoms with van der Waals surface area (Å²) in [5, 5.41) is 0.0706. The molecule has 1 atom stereocenters. The van der Waals surface area contributed by atoms with E-state index in [4.69, 9.17) is 21.1 Å². The Balaban J connectivity index is 2.37. The van der Waals surface area contributed by atoms with E-state index >= 15 is 0 Å². The van der Waals surface area contributed by atoms with Gasteiger partial charge < -0.3 is 18.8 Å². The molecular weight excluding hydrogens is 585 g/mol. The lowest BCUT2D eigenvalue weighted by Gasteiger charge is -2.40. The molecule has 236 valence electrons. The number of rotatable bonds is 11. The number of hydrogen-bond donors (Lipinski definition) is 1. The van der Waals surface area contributed by atoms with E-state index in [1.807, 2.05) is 37.6 Å². The number of carbonyl (C=O) groups is 1. The Kier molecular flexibility index (Phi) is 10.6. The zero-order valence-electron chi connectivity index (χ0n) is 27.2. The summed E-state index contributed by atoms with van der Waals surface area (Å²) in [7, 11) is -2.49. The van der Waals surface area contributed by atoms with E-state index in [2.05, 4.69) is 34.6 Å². The third-order valence-electron chi connectivity index (χ3n) is 8.52. The molecule has 6 nitrogen and oxygen atoms in total. The van der Waals surface area contributed by atoms with Gasteiger partial charge in [-0.2, -0.15) is 0 Å². The molecule has 3 aromatic rings. The third kappa shape index (κ3) is 7.89. The van der Waals surface area contributed by atoms with Crippen LogP contribution in [0.25, 0.3) is 10.9 Å². The van der Waals surface area contributed by atoms with Crippen molar-refractivity contribution >= 4 is 36.8 Å². The molecule has 0 radical (unpaired) electrons. The van der Waals surface area contributed by atoms with Crippen molar-refractivity contribution in [2.75, 3.05) is 6.61 Å². The number of benzene rings is 2. The van der Waals surface area contributed by atoms with Gasteiger partial charge in [-0.3, -0.25) is 4.79 Å². The average molecular weight is 632 g/mol. The highest BCUT2D eigenvalue weighted by Crippen LogP contribution is 2.45. The molecule has 0 spiro atoms. The van der Waals surface area contributed by atoms with Gasteiger partial charge in [0.2, 0.25) is 5.43 Å². The minimum atomic E-state index is -2.49. The number of pyridine rings is 1. The van der Waals surface area contributed by atoms with Crippen molar-refractivity contribution in [3.8, 4) is 5.75 Å². The fourth-order valence-corrected chi connectivity index (χ4v) is 6.17. The van der Waals surface area contributed by atoms with E-state index < -0.39 is 25.5 Å². The van der Waals surface area contributed by atoms with Crippen LogP contribution in [0.1, 0.15) is 95.8 Å². The van der Waals surface area contributed by atoms with Gasteiger partial charge in [-0.05, 0) is 80.4 Å². The normalized spacial score (nSPS) is 13.4. The summed E-state index contributed by atoms with van der Waals surface area (Å²) in [6, 6.07) is 8.22. The van der Waals surface area contributed by atoms with Gasteiger partial charge >= 0.3 is 5.97 Å². The van der Waals surface area contributed by atoms with Crippen molar-refractivity contribution in [1.82, 2.24) is 4.57 Å². The van der Waals surface area contributed by atoms with Crippen LogP contribution in [0.3, 0.4) is 0 Å². The highest BCUT2D eigenvalue weighted by Gasteiger charge is 2.39. The van der Waals surface area contributed by atoms with Crippen molar-refractivity contribution < 1.29 is 23.5 Å². The number of nitrogens with zero attached hydrogens (tertiary/aromatic N) is 1. The molecule has 0 unspecified atom stereocenters. The van der Waals surface area contributed by atoms with Gasteiger partial charge in [0.05, 0.1) is 23.3 Å². The molecule has 3 rings (SSSR count). The van der Waals surface area contributed by atoms with Crippen molar-refractivity contribution in [2.45, 2.75) is 105 Å². The first-order valence-corrected chi connectivity index (χ1v) is 18.3. The number of halogens is 2. The Morgan fingerprint density at radius 2 is 1.77 bits per heavy atom. The monoisotopic (exact) mass is 631 g/mol. The Labute approximate surface area is 261 Å². The number of esters is 1. The van der Waals surface area contributed by atoms with Gasteiger partial charge in [-0.15, -0.1) is 0 Å². The largest absolute Gasteiger partial charge is 0.491 e. The summed E-state index contributed by atoms with van der Waals surface area (Å²) in [4.78, 5) is 38.0. The summed E-state index contributed by atoms with van der Waals surface area (Å²) in [5.41, 5.74) is 0.790. The standard InChI is InChI=1S/C34H47ClFNO5Si/c1-11-41-32(39)25-20-37(29(33(4,5)6)15-16-34(7,8)43(9,10)40)27-19-28(42-21(2)3)23(18-24(27)31(25)38)17-22-13-12-14-26(35)30(22)36/h12-14,18-21,29,40H,11,15-17H2,1-10H3/t29-/m1/s1. The Morgan fingerprint density at radius 3 is 2.33 bits per heavy atom. The van der Waals surface area contributed by atoms with Crippen molar-refractivity contribution in [2.24, 2.45) is 5.41 Å². The molecule has 1 N–H and O–H groups in total. The molecule has 0 aliphatic heterocycles. The average Bonchev–Trinajstić information content (AvgIpc) is 2.87. The van der Waals surface area contributed by atoms with E-state index in [9.17, 15) is 18.8 Å². The summed E-state index contributed by atoms with van der Waals surface area (Å²) in [5.74, 6) is -0.691. The molecule has 1 heterocycles. The topological polar surface area (TPSA) is 77.8 Å².